The summed E-state index contributed by atoms with van der Waals surface area (Å²) in [4.78, 5) is 10.9. The van der Waals surface area contributed by atoms with Crippen LogP contribution in [0.1, 0.15) is 0 Å². The minimum atomic E-state index is -1.89. The van der Waals surface area contributed by atoms with Gasteiger partial charge in [-0.3, -0.25) is 0 Å². The molecule has 9 atom stereocenters. The summed E-state index contributed by atoms with van der Waals surface area (Å²) in [6, 6.07) is 0. The van der Waals surface area contributed by atoms with E-state index in [1.165, 1.54) is 0 Å². The van der Waals surface area contributed by atoms with Crippen molar-refractivity contribution in [1.29, 1.82) is 0 Å². The molecule has 0 aromatic heterocycles. The predicted octanol–water partition coefficient (Wildman–Crippen LogP) is -4.67. The lowest BCUT2D eigenvalue weighted by Gasteiger charge is -2.42. The van der Waals surface area contributed by atoms with Crippen LogP contribution in [0.2, 0.25) is 0 Å². The largest absolute Gasteiger partial charge is 0.479 e. The summed E-state index contributed by atoms with van der Waals surface area (Å²) in [7, 11) is 0. The van der Waals surface area contributed by atoms with Gasteiger partial charge in [0.1, 0.15) is 36.6 Å². The number of carboxylic acid groups (broad SMARTS) is 1. The van der Waals surface area contributed by atoms with E-state index >= 15 is 0 Å². The van der Waals surface area contributed by atoms with E-state index in [1.54, 1.807) is 0 Å². The van der Waals surface area contributed by atoms with Gasteiger partial charge in [-0.2, -0.15) is 0 Å². The van der Waals surface area contributed by atoms with E-state index in [9.17, 15) is 35.4 Å². The van der Waals surface area contributed by atoms with Crippen molar-refractivity contribution >= 4 is 5.97 Å². The number of ether oxygens (including phenoxy) is 3. The van der Waals surface area contributed by atoms with Crippen molar-refractivity contribution in [2.75, 3.05) is 6.61 Å². The van der Waals surface area contributed by atoms with Crippen LogP contribution in [0, 0.1) is 0 Å². The summed E-state index contributed by atoms with van der Waals surface area (Å²) < 4.78 is 14.6. The third-order valence-electron chi connectivity index (χ3n) is 3.55. The Bertz CT molecular complexity index is 403. The highest BCUT2D eigenvalue weighted by Crippen LogP contribution is 2.26. The first-order valence-corrected chi connectivity index (χ1v) is 6.47. The van der Waals surface area contributed by atoms with Crippen LogP contribution in [0.15, 0.2) is 0 Å². The van der Waals surface area contributed by atoms with E-state index in [0.29, 0.717) is 0 Å². The topological polar surface area (TPSA) is 186 Å². The van der Waals surface area contributed by atoms with Crippen molar-refractivity contribution in [2.24, 2.45) is 0 Å². The van der Waals surface area contributed by atoms with Crippen LogP contribution in [-0.4, -0.2) is 104 Å². The number of rotatable bonds is 3. The van der Waals surface area contributed by atoms with Crippen LogP contribution in [-0.2, 0) is 19.0 Å². The summed E-state index contributed by atoms with van der Waals surface area (Å²) in [5.74, 6) is -1.60. The van der Waals surface area contributed by atoms with Crippen molar-refractivity contribution in [3.05, 3.63) is 0 Å². The monoisotopic (exact) mass is 326 g/mol. The van der Waals surface area contributed by atoms with Crippen LogP contribution >= 0.6 is 0 Å². The Labute approximate surface area is 123 Å². The van der Waals surface area contributed by atoms with Gasteiger partial charge < -0.3 is 50.0 Å². The molecule has 0 spiro atoms. The Balaban J connectivity index is 2.11. The second-order valence-electron chi connectivity index (χ2n) is 5.12. The number of hydrogen-bond donors (Lipinski definition) is 7. The molecule has 2 heterocycles. The first-order chi connectivity index (χ1) is 10.2. The highest BCUT2D eigenvalue weighted by molar-refractivity contribution is 5.73. The molecule has 2 fully saturated rings. The lowest BCUT2D eigenvalue weighted by Crippen LogP contribution is -2.63. The molecule has 11 nitrogen and oxygen atoms in total. The standard InChI is InChI=1S/C11H18O11/c12-2-1-20-10(19)6(16)7(2)21-11-5(15)3(13)4(14)8(22-11)9(17)18/h2-8,10-16,19H,1H2,(H,17,18)/t2-,3+,4+,5-,6-,7+,8+,10?,11+/m1/s1. The molecular weight excluding hydrogens is 308 g/mol. The van der Waals surface area contributed by atoms with Gasteiger partial charge in [0.15, 0.2) is 18.7 Å². The van der Waals surface area contributed by atoms with Gasteiger partial charge in [-0.1, -0.05) is 0 Å². The maximum Gasteiger partial charge on any atom is 0.335 e. The number of carbonyl (C=O) groups is 1. The molecule has 11 heteroatoms. The smallest absolute Gasteiger partial charge is 0.335 e. The summed E-state index contributed by atoms with van der Waals surface area (Å²) in [5, 5.41) is 66.5. The second-order valence-corrected chi connectivity index (χ2v) is 5.12. The quantitative estimate of drug-likeness (QED) is 0.264. The molecule has 0 radical (unpaired) electrons. The normalized spacial score (nSPS) is 49.8. The maximum atomic E-state index is 10.9. The Morgan fingerprint density at radius 1 is 0.955 bits per heavy atom. The van der Waals surface area contributed by atoms with Gasteiger partial charge in [0.05, 0.1) is 6.61 Å². The fraction of sp³-hybridized carbons (Fsp3) is 0.909. The Kier molecular flexibility index (Phi) is 5.32. The van der Waals surface area contributed by atoms with Crippen LogP contribution in [0.3, 0.4) is 0 Å². The van der Waals surface area contributed by atoms with E-state index in [1.807, 2.05) is 0 Å². The van der Waals surface area contributed by atoms with Gasteiger partial charge in [0, 0.05) is 0 Å². The van der Waals surface area contributed by atoms with Crippen LogP contribution in [0.25, 0.3) is 0 Å². The molecule has 0 bridgehead atoms. The van der Waals surface area contributed by atoms with Gasteiger partial charge >= 0.3 is 5.97 Å². The van der Waals surface area contributed by atoms with E-state index in [0.717, 1.165) is 0 Å². The molecule has 2 aliphatic heterocycles. The highest BCUT2D eigenvalue weighted by Gasteiger charge is 2.50. The molecule has 0 saturated carbocycles. The van der Waals surface area contributed by atoms with Crippen LogP contribution in [0.4, 0.5) is 0 Å². The number of aliphatic hydroxyl groups excluding tert-OH is 6. The van der Waals surface area contributed by atoms with E-state index in [2.05, 4.69) is 4.74 Å². The second kappa shape index (κ2) is 6.70. The minimum Gasteiger partial charge on any atom is -0.479 e. The third-order valence-corrected chi connectivity index (χ3v) is 3.55. The maximum absolute atomic E-state index is 10.9. The zero-order valence-corrected chi connectivity index (χ0v) is 11.2. The van der Waals surface area contributed by atoms with Gasteiger partial charge in [-0.25, -0.2) is 4.79 Å². The van der Waals surface area contributed by atoms with Crippen LogP contribution in [0.5, 0.6) is 0 Å². The third kappa shape index (κ3) is 3.22. The van der Waals surface area contributed by atoms with E-state index in [-0.39, 0.29) is 6.61 Å². The SMILES string of the molecule is O=C(O)[C@H]1O[C@H](O[C@H]2[C@H](O)COC(O)[C@@H]2O)[C@H](O)[C@@H](O)[C@@H]1O. The molecule has 22 heavy (non-hydrogen) atoms. The molecule has 2 saturated heterocycles. The molecule has 2 rings (SSSR count). The summed E-state index contributed by atoms with van der Waals surface area (Å²) >= 11 is 0. The zero-order valence-electron chi connectivity index (χ0n) is 11.2. The van der Waals surface area contributed by atoms with Gasteiger partial charge in [0.25, 0.3) is 0 Å². The van der Waals surface area contributed by atoms with Gasteiger partial charge in [0.2, 0.25) is 0 Å². The molecule has 2 aliphatic rings. The van der Waals surface area contributed by atoms with Gasteiger partial charge in [-0.05, 0) is 0 Å². The minimum absolute atomic E-state index is 0.376. The molecule has 128 valence electrons. The molecule has 1 unspecified atom stereocenters. The molecule has 0 aliphatic carbocycles. The number of hydrogen-bond acceptors (Lipinski definition) is 10. The summed E-state index contributed by atoms with van der Waals surface area (Å²) in [5.41, 5.74) is 0. The lowest BCUT2D eigenvalue weighted by atomic mass is 9.98. The van der Waals surface area contributed by atoms with Crippen molar-refractivity contribution in [3.8, 4) is 0 Å². The number of carboxylic acids is 1. The average molecular weight is 326 g/mol. The Hall–Kier alpha value is -0.890. The fourth-order valence-corrected chi connectivity index (χ4v) is 2.27. The van der Waals surface area contributed by atoms with Gasteiger partial charge in [-0.15, -0.1) is 0 Å². The summed E-state index contributed by atoms with van der Waals surface area (Å²) in [6.07, 6.45) is -15.4. The first-order valence-electron chi connectivity index (χ1n) is 6.47. The molecule has 0 aromatic rings. The van der Waals surface area contributed by atoms with Crippen molar-refractivity contribution in [1.82, 2.24) is 0 Å². The molecule has 7 N–H and O–H groups in total. The fourth-order valence-electron chi connectivity index (χ4n) is 2.27. The average Bonchev–Trinajstić information content (AvgIpc) is 2.47. The number of aliphatic hydroxyl groups is 6. The van der Waals surface area contributed by atoms with Crippen molar-refractivity contribution in [2.45, 2.75) is 55.3 Å². The van der Waals surface area contributed by atoms with Crippen LogP contribution < -0.4 is 0 Å². The zero-order chi connectivity index (χ0) is 16.6. The molecule has 0 aromatic carbocycles. The number of aliphatic carboxylic acids is 1. The Morgan fingerprint density at radius 3 is 2.18 bits per heavy atom. The van der Waals surface area contributed by atoms with Crippen molar-refractivity contribution in [3.63, 3.8) is 0 Å². The Morgan fingerprint density at radius 2 is 1.59 bits per heavy atom. The van der Waals surface area contributed by atoms with E-state index < -0.39 is 61.3 Å². The lowest BCUT2D eigenvalue weighted by molar-refractivity contribution is -0.340. The van der Waals surface area contributed by atoms with Crippen molar-refractivity contribution < 1.29 is 54.8 Å². The first kappa shape index (κ1) is 17.5. The van der Waals surface area contributed by atoms with E-state index in [4.69, 9.17) is 14.6 Å². The summed E-state index contributed by atoms with van der Waals surface area (Å²) in [6.45, 7) is -0.376. The molecule has 0 amide bonds. The molecular formula is C11H18O11. The predicted molar refractivity (Wildman–Crippen MR) is 63.2 cm³/mol. The highest BCUT2D eigenvalue weighted by atomic mass is 16.7.